The van der Waals surface area contributed by atoms with Gasteiger partial charge in [0.25, 0.3) is 5.91 Å². The van der Waals surface area contributed by atoms with Crippen molar-refractivity contribution in [1.82, 2.24) is 5.32 Å². The molecule has 3 N–H and O–H groups in total. The van der Waals surface area contributed by atoms with E-state index in [2.05, 4.69) is 10.6 Å². The first-order valence-electron chi connectivity index (χ1n) is 8.03. The molecule has 1 aromatic heterocycles. The Balaban J connectivity index is 1.75. The van der Waals surface area contributed by atoms with Crippen molar-refractivity contribution < 1.29 is 18.9 Å². The quantitative estimate of drug-likeness (QED) is 0.693. The molecule has 1 aromatic carbocycles. The zero-order chi connectivity index (χ0) is 18.4. The molecule has 0 aliphatic heterocycles. The summed E-state index contributed by atoms with van der Waals surface area (Å²) < 4.78 is 5.49. The number of rotatable bonds is 7. The highest BCUT2D eigenvalue weighted by Crippen LogP contribution is 2.22. The Bertz CT molecular complexity index is 758. The number of benzene rings is 1. The first-order chi connectivity index (χ1) is 11.8. The second-order valence-corrected chi connectivity index (χ2v) is 6.47. The number of nitrogens with one attached hydrogen (secondary N) is 3. The summed E-state index contributed by atoms with van der Waals surface area (Å²) in [6.07, 6.45) is 0. The normalized spacial score (nSPS) is 11.8. The van der Waals surface area contributed by atoms with Gasteiger partial charge in [0.2, 0.25) is 5.91 Å². The number of aryl methyl sites for hydroxylation is 1. The minimum atomic E-state index is -0.293. The molecular formula is C18H23ClN3O3+. The average molecular weight is 365 g/mol. The maximum Gasteiger partial charge on any atom is 0.275 e. The number of carbonyl (C=O) groups is 2. The van der Waals surface area contributed by atoms with Crippen LogP contribution in [-0.2, 0) is 16.1 Å². The van der Waals surface area contributed by atoms with E-state index >= 15 is 0 Å². The fraction of sp³-hybridized carbons (Fsp3) is 0.333. The predicted octanol–water partition coefficient (Wildman–Crippen LogP) is 1.32. The fourth-order valence-electron chi connectivity index (χ4n) is 2.39. The van der Waals surface area contributed by atoms with Crippen molar-refractivity contribution in [2.24, 2.45) is 0 Å². The van der Waals surface area contributed by atoms with E-state index in [1.54, 1.807) is 18.2 Å². The van der Waals surface area contributed by atoms with E-state index in [1.165, 1.54) is 0 Å². The van der Waals surface area contributed by atoms with Crippen LogP contribution in [0.15, 0.2) is 34.7 Å². The van der Waals surface area contributed by atoms with Crippen molar-refractivity contribution in [1.29, 1.82) is 0 Å². The Morgan fingerprint density at radius 1 is 1.16 bits per heavy atom. The summed E-state index contributed by atoms with van der Waals surface area (Å²) >= 11 is 6.02. The SMILES string of the molecule is Cc1ccc(C[NH+](C)CC(=O)NCC(=O)Nc2cccc(Cl)c2C)o1. The van der Waals surface area contributed by atoms with E-state index in [1.807, 2.05) is 33.0 Å². The van der Waals surface area contributed by atoms with E-state index in [-0.39, 0.29) is 24.9 Å². The molecule has 0 spiro atoms. The molecule has 2 amide bonds. The van der Waals surface area contributed by atoms with Gasteiger partial charge in [0.15, 0.2) is 12.3 Å². The van der Waals surface area contributed by atoms with E-state index in [4.69, 9.17) is 16.0 Å². The van der Waals surface area contributed by atoms with Crippen LogP contribution in [-0.4, -0.2) is 32.0 Å². The highest BCUT2D eigenvalue weighted by atomic mass is 35.5. The van der Waals surface area contributed by atoms with E-state index in [0.717, 1.165) is 22.0 Å². The second-order valence-electron chi connectivity index (χ2n) is 6.06. The van der Waals surface area contributed by atoms with Gasteiger partial charge in [0, 0.05) is 10.7 Å². The molecule has 1 heterocycles. The molecule has 0 aliphatic carbocycles. The number of anilines is 1. The maximum atomic E-state index is 12.0. The smallest absolute Gasteiger partial charge is 0.275 e. The molecule has 0 fully saturated rings. The zero-order valence-corrected chi connectivity index (χ0v) is 15.4. The van der Waals surface area contributed by atoms with Gasteiger partial charge in [-0.2, -0.15) is 0 Å². The van der Waals surface area contributed by atoms with Crippen molar-refractivity contribution in [3.63, 3.8) is 0 Å². The minimum absolute atomic E-state index is 0.0854. The first-order valence-corrected chi connectivity index (χ1v) is 8.41. The summed E-state index contributed by atoms with van der Waals surface area (Å²) in [7, 11) is 1.90. The number of halogens is 1. The first kappa shape index (κ1) is 19.0. The third kappa shape index (κ3) is 5.92. The van der Waals surface area contributed by atoms with Gasteiger partial charge in [-0.05, 0) is 43.7 Å². The fourth-order valence-corrected chi connectivity index (χ4v) is 2.57. The lowest BCUT2D eigenvalue weighted by Gasteiger charge is -2.13. The summed E-state index contributed by atoms with van der Waals surface area (Å²) in [5.41, 5.74) is 1.43. The number of furan rings is 1. The Labute approximate surface area is 152 Å². The average Bonchev–Trinajstić information content (AvgIpc) is 2.94. The number of amides is 2. The van der Waals surface area contributed by atoms with Crippen LogP contribution in [0.1, 0.15) is 17.1 Å². The maximum absolute atomic E-state index is 12.0. The molecule has 2 rings (SSSR count). The van der Waals surface area contributed by atoms with Gasteiger partial charge in [-0.25, -0.2) is 0 Å². The highest BCUT2D eigenvalue weighted by molar-refractivity contribution is 6.31. The molecule has 134 valence electrons. The Kier molecular flexibility index (Phi) is 6.61. The van der Waals surface area contributed by atoms with Crippen LogP contribution in [0.5, 0.6) is 0 Å². The molecule has 6 nitrogen and oxygen atoms in total. The van der Waals surface area contributed by atoms with Crippen molar-refractivity contribution in [2.75, 3.05) is 25.5 Å². The molecule has 0 radical (unpaired) electrons. The summed E-state index contributed by atoms with van der Waals surface area (Å²) in [4.78, 5) is 24.9. The molecule has 1 atom stereocenters. The highest BCUT2D eigenvalue weighted by Gasteiger charge is 2.14. The Morgan fingerprint density at radius 2 is 1.92 bits per heavy atom. The van der Waals surface area contributed by atoms with Crippen LogP contribution < -0.4 is 15.5 Å². The third-order valence-electron chi connectivity index (χ3n) is 3.72. The van der Waals surface area contributed by atoms with Gasteiger partial charge >= 0.3 is 0 Å². The molecule has 1 unspecified atom stereocenters. The summed E-state index contributed by atoms with van der Waals surface area (Å²) in [6, 6.07) is 9.08. The molecule has 0 bridgehead atoms. The van der Waals surface area contributed by atoms with Crippen LogP contribution in [0, 0.1) is 13.8 Å². The summed E-state index contributed by atoms with van der Waals surface area (Å²) in [5.74, 6) is 1.19. The number of likely N-dealkylation sites (N-methyl/N-ethyl adjacent to an activating group) is 1. The number of carbonyl (C=O) groups excluding carboxylic acids is 2. The molecular weight excluding hydrogens is 342 g/mol. The topological polar surface area (TPSA) is 75.8 Å². The monoisotopic (exact) mass is 364 g/mol. The van der Waals surface area contributed by atoms with Crippen LogP contribution >= 0.6 is 11.6 Å². The lowest BCUT2D eigenvalue weighted by atomic mass is 10.2. The van der Waals surface area contributed by atoms with Crippen LogP contribution in [0.2, 0.25) is 5.02 Å². The molecule has 2 aromatic rings. The van der Waals surface area contributed by atoms with Crippen LogP contribution in [0.4, 0.5) is 5.69 Å². The van der Waals surface area contributed by atoms with Crippen molar-refractivity contribution in [3.8, 4) is 0 Å². The lowest BCUT2D eigenvalue weighted by Crippen LogP contribution is -3.08. The summed E-state index contributed by atoms with van der Waals surface area (Å²) in [5, 5.41) is 5.95. The van der Waals surface area contributed by atoms with Gasteiger partial charge in [0.05, 0.1) is 13.6 Å². The van der Waals surface area contributed by atoms with Crippen LogP contribution in [0.3, 0.4) is 0 Å². The van der Waals surface area contributed by atoms with Crippen molar-refractivity contribution >= 4 is 29.1 Å². The van der Waals surface area contributed by atoms with Crippen molar-refractivity contribution in [3.05, 3.63) is 52.4 Å². The van der Waals surface area contributed by atoms with Gasteiger partial charge < -0.3 is 20.0 Å². The summed E-state index contributed by atoms with van der Waals surface area (Å²) in [6.45, 7) is 4.48. The Morgan fingerprint density at radius 3 is 2.60 bits per heavy atom. The second kappa shape index (κ2) is 8.69. The number of hydrogen-bond acceptors (Lipinski definition) is 3. The standard InChI is InChI=1S/C18H22ClN3O3/c1-12-7-8-14(25-12)10-22(3)11-18(24)20-9-17(23)21-16-6-4-5-15(19)13(16)2/h4-8H,9-11H2,1-3H3,(H,20,24)(H,21,23)/p+1. The molecule has 0 aliphatic rings. The number of hydrogen-bond donors (Lipinski definition) is 3. The third-order valence-corrected chi connectivity index (χ3v) is 4.13. The van der Waals surface area contributed by atoms with Gasteiger partial charge in [-0.1, -0.05) is 17.7 Å². The molecule has 0 saturated heterocycles. The molecule has 0 saturated carbocycles. The van der Waals surface area contributed by atoms with Crippen LogP contribution in [0.25, 0.3) is 0 Å². The van der Waals surface area contributed by atoms with E-state index in [9.17, 15) is 9.59 Å². The lowest BCUT2D eigenvalue weighted by molar-refractivity contribution is -0.886. The molecule has 25 heavy (non-hydrogen) atoms. The zero-order valence-electron chi connectivity index (χ0n) is 14.6. The van der Waals surface area contributed by atoms with E-state index < -0.39 is 0 Å². The largest absolute Gasteiger partial charge is 0.460 e. The molecule has 7 heteroatoms. The van der Waals surface area contributed by atoms with Gasteiger partial charge in [-0.3, -0.25) is 9.59 Å². The van der Waals surface area contributed by atoms with Gasteiger partial charge in [0.1, 0.15) is 12.3 Å². The van der Waals surface area contributed by atoms with Gasteiger partial charge in [-0.15, -0.1) is 0 Å². The van der Waals surface area contributed by atoms with E-state index in [0.29, 0.717) is 17.3 Å². The number of quaternary nitrogens is 1. The Hall–Kier alpha value is -2.31. The van der Waals surface area contributed by atoms with Crippen molar-refractivity contribution in [2.45, 2.75) is 20.4 Å². The predicted molar refractivity (Wildman–Crippen MR) is 96.7 cm³/mol. The minimum Gasteiger partial charge on any atom is -0.460 e.